The first-order valence-corrected chi connectivity index (χ1v) is 9.99. The second-order valence-corrected chi connectivity index (χ2v) is 7.43. The van der Waals surface area contributed by atoms with Crippen LogP contribution in [0.15, 0.2) is 24.3 Å². The van der Waals surface area contributed by atoms with Crippen LogP contribution in [0.3, 0.4) is 0 Å². The summed E-state index contributed by atoms with van der Waals surface area (Å²) < 4.78 is 5.83. The van der Waals surface area contributed by atoms with E-state index >= 15 is 0 Å². The molecule has 2 rings (SSSR count). The maximum Gasteiger partial charge on any atom is 0.220 e. The van der Waals surface area contributed by atoms with Crippen LogP contribution in [0, 0.1) is 0 Å². The fourth-order valence-corrected chi connectivity index (χ4v) is 3.21. The van der Waals surface area contributed by atoms with E-state index in [2.05, 4.69) is 15.1 Å². The Hall–Kier alpha value is -1.59. The van der Waals surface area contributed by atoms with Crippen LogP contribution in [-0.4, -0.2) is 62.6 Å². The molecular weight excluding hydrogens is 326 g/mol. The normalized spacial score (nSPS) is 15.2. The van der Waals surface area contributed by atoms with Crippen LogP contribution in [0.25, 0.3) is 0 Å². The van der Waals surface area contributed by atoms with Gasteiger partial charge in [0.1, 0.15) is 5.75 Å². The van der Waals surface area contributed by atoms with Crippen LogP contribution in [0.2, 0.25) is 0 Å². The molecule has 1 saturated heterocycles. The van der Waals surface area contributed by atoms with Crippen molar-refractivity contribution in [3.05, 3.63) is 29.8 Å². The molecule has 1 aromatic carbocycles. The fourth-order valence-electron chi connectivity index (χ4n) is 3.21. The largest absolute Gasteiger partial charge is 0.494 e. The summed E-state index contributed by atoms with van der Waals surface area (Å²) in [5, 5.41) is 2.98. The number of piperidine rings is 1. The molecule has 0 aliphatic carbocycles. The number of hydrogen-bond acceptors (Lipinski definition) is 4. The van der Waals surface area contributed by atoms with Crippen molar-refractivity contribution in [2.45, 2.75) is 45.1 Å². The van der Waals surface area contributed by atoms with Crippen molar-refractivity contribution in [3.8, 4) is 5.75 Å². The summed E-state index contributed by atoms with van der Waals surface area (Å²) in [5.74, 6) is 1.02. The molecule has 0 spiro atoms. The predicted octanol–water partition coefficient (Wildman–Crippen LogP) is 2.90. The second kappa shape index (κ2) is 11.9. The number of likely N-dealkylation sites (tertiary alicyclic amines) is 1. The van der Waals surface area contributed by atoms with Gasteiger partial charge in [-0.05, 0) is 77.1 Å². The van der Waals surface area contributed by atoms with E-state index in [-0.39, 0.29) is 5.91 Å². The molecule has 5 heteroatoms. The number of amides is 1. The van der Waals surface area contributed by atoms with Crippen LogP contribution in [0.5, 0.6) is 5.75 Å². The van der Waals surface area contributed by atoms with Gasteiger partial charge < -0.3 is 19.9 Å². The maximum absolute atomic E-state index is 11.8. The minimum atomic E-state index is 0.116. The average molecular weight is 362 g/mol. The zero-order valence-electron chi connectivity index (χ0n) is 16.5. The van der Waals surface area contributed by atoms with Gasteiger partial charge >= 0.3 is 0 Å². The molecule has 0 atom stereocenters. The second-order valence-electron chi connectivity index (χ2n) is 7.43. The number of benzene rings is 1. The highest BCUT2D eigenvalue weighted by Gasteiger charge is 2.09. The van der Waals surface area contributed by atoms with Gasteiger partial charge in [0.25, 0.3) is 0 Å². The lowest BCUT2D eigenvalue weighted by Crippen LogP contribution is -2.31. The van der Waals surface area contributed by atoms with Crippen molar-refractivity contribution >= 4 is 5.91 Å². The van der Waals surface area contributed by atoms with E-state index in [0.717, 1.165) is 43.9 Å². The van der Waals surface area contributed by atoms with Crippen molar-refractivity contribution in [2.24, 2.45) is 0 Å². The van der Waals surface area contributed by atoms with Crippen LogP contribution in [0.4, 0.5) is 0 Å². The Morgan fingerprint density at radius 1 is 1.12 bits per heavy atom. The third-order valence-electron chi connectivity index (χ3n) is 4.76. The SMILES string of the molecule is CN(C)CCCC(=O)NCc1ccc(OCCCN2CCCCC2)cc1. The Kier molecular flexibility index (Phi) is 9.50. The number of carbonyl (C=O) groups excluding carboxylic acids is 1. The van der Waals surface area contributed by atoms with Gasteiger partial charge in [0.05, 0.1) is 6.61 Å². The molecule has 1 fully saturated rings. The first-order chi connectivity index (χ1) is 12.6. The Morgan fingerprint density at radius 2 is 1.85 bits per heavy atom. The first-order valence-electron chi connectivity index (χ1n) is 9.99. The topological polar surface area (TPSA) is 44.8 Å². The molecule has 1 aromatic rings. The number of ether oxygens (including phenoxy) is 1. The lowest BCUT2D eigenvalue weighted by molar-refractivity contribution is -0.121. The highest BCUT2D eigenvalue weighted by Crippen LogP contribution is 2.13. The third-order valence-corrected chi connectivity index (χ3v) is 4.76. The molecule has 1 N–H and O–H groups in total. The van der Waals surface area contributed by atoms with Gasteiger partial charge in [0, 0.05) is 19.5 Å². The van der Waals surface area contributed by atoms with Gasteiger partial charge in [-0.2, -0.15) is 0 Å². The van der Waals surface area contributed by atoms with Gasteiger partial charge in [-0.1, -0.05) is 18.6 Å². The van der Waals surface area contributed by atoms with E-state index < -0.39 is 0 Å². The van der Waals surface area contributed by atoms with E-state index in [1.54, 1.807) is 0 Å². The van der Waals surface area contributed by atoms with Crippen LogP contribution < -0.4 is 10.1 Å². The molecule has 0 saturated carbocycles. The fraction of sp³-hybridized carbons (Fsp3) is 0.667. The molecule has 0 bridgehead atoms. The van der Waals surface area contributed by atoms with E-state index in [1.165, 1.54) is 32.4 Å². The smallest absolute Gasteiger partial charge is 0.220 e. The first kappa shape index (κ1) is 20.7. The van der Waals surface area contributed by atoms with Crippen LogP contribution in [0.1, 0.15) is 44.1 Å². The highest BCUT2D eigenvalue weighted by molar-refractivity contribution is 5.75. The molecule has 5 nitrogen and oxygen atoms in total. The molecule has 0 radical (unpaired) electrons. The summed E-state index contributed by atoms with van der Waals surface area (Å²) in [5.41, 5.74) is 1.10. The molecule has 1 aliphatic heterocycles. The summed E-state index contributed by atoms with van der Waals surface area (Å²) in [6.07, 6.45) is 6.61. The standard InChI is InChI=1S/C21H35N3O2/c1-23(2)13-6-8-21(25)22-18-19-9-11-20(12-10-19)26-17-7-16-24-14-4-3-5-15-24/h9-12H,3-8,13-18H2,1-2H3,(H,22,25). The Morgan fingerprint density at radius 3 is 2.54 bits per heavy atom. The van der Waals surface area contributed by atoms with E-state index in [9.17, 15) is 4.79 Å². The van der Waals surface area contributed by atoms with Crippen LogP contribution in [-0.2, 0) is 11.3 Å². The zero-order chi connectivity index (χ0) is 18.6. The van der Waals surface area contributed by atoms with E-state index in [0.29, 0.717) is 13.0 Å². The Labute approximate surface area is 158 Å². The number of nitrogens with zero attached hydrogens (tertiary/aromatic N) is 2. The summed E-state index contributed by atoms with van der Waals surface area (Å²) in [4.78, 5) is 16.4. The monoisotopic (exact) mass is 361 g/mol. The minimum absolute atomic E-state index is 0.116. The Balaban J connectivity index is 1.57. The number of hydrogen-bond donors (Lipinski definition) is 1. The van der Waals surface area contributed by atoms with Gasteiger partial charge in [-0.3, -0.25) is 4.79 Å². The summed E-state index contributed by atoms with van der Waals surface area (Å²) in [6, 6.07) is 8.04. The number of nitrogens with one attached hydrogen (secondary N) is 1. The van der Waals surface area contributed by atoms with Gasteiger partial charge in [0.15, 0.2) is 0 Å². The lowest BCUT2D eigenvalue weighted by Gasteiger charge is -2.26. The molecular formula is C21H35N3O2. The van der Waals surface area contributed by atoms with Crippen molar-refractivity contribution < 1.29 is 9.53 Å². The maximum atomic E-state index is 11.8. The van der Waals surface area contributed by atoms with Crippen molar-refractivity contribution in [1.29, 1.82) is 0 Å². The quantitative estimate of drug-likeness (QED) is 0.616. The molecule has 0 aromatic heterocycles. The average Bonchev–Trinajstić information content (AvgIpc) is 2.65. The zero-order valence-corrected chi connectivity index (χ0v) is 16.5. The van der Waals surface area contributed by atoms with Gasteiger partial charge in [-0.25, -0.2) is 0 Å². The predicted molar refractivity (Wildman–Crippen MR) is 106 cm³/mol. The van der Waals surface area contributed by atoms with Crippen molar-refractivity contribution in [3.63, 3.8) is 0 Å². The van der Waals surface area contributed by atoms with Gasteiger partial charge in [0.2, 0.25) is 5.91 Å². The lowest BCUT2D eigenvalue weighted by atomic mass is 10.1. The van der Waals surface area contributed by atoms with E-state index in [1.807, 2.05) is 38.4 Å². The molecule has 1 heterocycles. The highest BCUT2D eigenvalue weighted by atomic mass is 16.5. The van der Waals surface area contributed by atoms with Crippen molar-refractivity contribution in [1.82, 2.24) is 15.1 Å². The number of rotatable bonds is 11. The summed E-state index contributed by atoms with van der Waals surface area (Å²) in [7, 11) is 4.05. The molecule has 0 unspecified atom stereocenters. The Bertz CT molecular complexity index is 510. The van der Waals surface area contributed by atoms with Gasteiger partial charge in [-0.15, -0.1) is 0 Å². The van der Waals surface area contributed by atoms with Crippen LogP contribution >= 0.6 is 0 Å². The summed E-state index contributed by atoms with van der Waals surface area (Å²) in [6.45, 7) is 5.91. The van der Waals surface area contributed by atoms with E-state index in [4.69, 9.17) is 4.74 Å². The molecule has 26 heavy (non-hydrogen) atoms. The minimum Gasteiger partial charge on any atom is -0.494 e. The number of carbonyl (C=O) groups is 1. The van der Waals surface area contributed by atoms with Crippen molar-refractivity contribution in [2.75, 3.05) is 46.9 Å². The molecule has 1 amide bonds. The molecule has 1 aliphatic rings. The third kappa shape index (κ3) is 8.68. The summed E-state index contributed by atoms with van der Waals surface area (Å²) >= 11 is 0. The molecule has 146 valence electrons.